The topological polar surface area (TPSA) is 197 Å². The Bertz CT molecular complexity index is 1150. The van der Waals surface area contributed by atoms with E-state index < -0.39 is 61.4 Å². The van der Waals surface area contributed by atoms with Crippen molar-refractivity contribution in [3.63, 3.8) is 0 Å². The molecule has 0 spiro atoms. The van der Waals surface area contributed by atoms with E-state index >= 15 is 0 Å². The molecule has 0 bridgehead atoms. The van der Waals surface area contributed by atoms with Gasteiger partial charge in [-0.15, -0.1) is 0 Å². The Morgan fingerprint density at radius 2 is 1.37 bits per heavy atom. The number of aryl methyl sites for hydroxylation is 1. The van der Waals surface area contributed by atoms with Crippen molar-refractivity contribution in [2.24, 2.45) is 5.73 Å². The molecule has 13 nitrogen and oxygen atoms in total. The number of aliphatic hydroxyl groups is 6. The first kappa shape index (κ1) is 36.8. The number of nitrogens with zero attached hydrogens (tertiary/aromatic N) is 1. The molecule has 2 saturated heterocycles. The fourth-order valence-corrected chi connectivity index (χ4v) is 5.89. The molecule has 2 fully saturated rings. The van der Waals surface area contributed by atoms with Crippen molar-refractivity contribution in [1.82, 2.24) is 4.90 Å². The van der Waals surface area contributed by atoms with Crippen LogP contribution in [0.5, 0.6) is 5.75 Å². The van der Waals surface area contributed by atoms with Crippen LogP contribution in [-0.4, -0.2) is 143 Å². The first-order valence-electron chi connectivity index (χ1n) is 16.3. The molecule has 260 valence electrons. The summed E-state index contributed by atoms with van der Waals surface area (Å²) < 4.78 is 27.5. The van der Waals surface area contributed by atoms with E-state index in [9.17, 15) is 30.6 Å². The van der Waals surface area contributed by atoms with Crippen LogP contribution in [0.2, 0.25) is 0 Å². The van der Waals surface area contributed by atoms with Gasteiger partial charge in [-0.3, -0.25) is 4.90 Å². The van der Waals surface area contributed by atoms with Gasteiger partial charge < -0.3 is 60.1 Å². The van der Waals surface area contributed by atoms with Gasteiger partial charge >= 0.3 is 0 Å². The summed E-state index contributed by atoms with van der Waals surface area (Å²) in [5.41, 5.74) is 6.89. The van der Waals surface area contributed by atoms with Gasteiger partial charge in [0.2, 0.25) is 0 Å². The van der Waals surface area contributed by atoms with Gasteiger partial charge in [-0.2, -0.15) is 0 Å². The van der Waals surface area contributed by atoms with Crippen LogP contribution in [-0.2, 0) is 25.4 Å². The van der Waals surface area contributed by atoms with E-state index in [1.165, 1.54) is 5.56 Å². The third-order valence-corrected chi connectivity index (χ3v) is 8.49. The zero-order chi connectivity index (χ0) is 33.2. The fraction of sp³-hybridized carbons (Fsp3) is 0.697. The van der Waals surface area contributed by atoms with Gasteiger partial charge in [-0.25, -0.2) is 0 Å². The molecule has 2 heterocycles. The number of hydrogen-bond acceptors (Lipinski definition) is 13. The maximum atomic E-state index is 11.0. The summed E-state index contributed by atoms with van der Waals surface area (Å²) in [7, 11) is 0. The smallest absolute Gasteiger partial charge is 0.155 e. The monoisotopic (exact) mass is 652 g/mol. The third kappa shape index (κ3) is 10.5. The van der Waals surface area contributed by atoms with Gasteiger partial charge in [0, 0.05) is 19.6 Å². The van der Waals surface area contributed by atoms with E-state index in [0.717, 1.165) is 30.0 Å². The number of benzene rings is 2. The summed E-state index contributed by atoms with van der Waals surface area (Å²) in [6.45, 7) is 4.31. The van der Waals surface area contributed by atoms with Crippen LogP contribution in [0.4, 0.5) is 0 Å². The number of rotatable bonds is 17. The number of unbranched alkanes of at least 4 members (excludes halogenated alkanes) is 1. The van der Waals surface area contributed by atoms with Gasteiger partial charge in [0.15, 0.2) is 12.6 Å². The lowest BCUT2D eigenvalue weighted by Crippen LogP contribution is -2.57. The van der Waals surface area contributed by atoms with Crippen molar-refractivity contribution in [3.8, 4) is 5.75 Å². The van der Waals surface area contributed by atoms with E-state index in [4.69, 9.17) is 29.4 Å². The van der Waals surface area contributed by atoms with Crippen LogP contribution >= 0.6 is 0 Å². The summed E-state index contributed by atoms with van der Waals surface area (Å²) in [6.07, 6.45) is -7.78. The highest BCUT2D eigenvalue weighted by atomic mass is 16.7. The van der Waals surface area contributed by atoms with E-state index in [-0.39, 0.29) is 26.3 Å². The van der Waals surface area contributed by atoms with Crippen molar-refractivity contribution in [1.29, 1.82) is 0 Å². The van der Waals surface area contributed by atoms with E-state index in [1.54, 1.807) is 18.7 Å². The first-order chi connectivity index (χ1) is 22.0. The maximum Gasteiger partial charge on any atom is 0.155 e. The molecule has 8 unspecified atom stereocenters. The SMILES string of the molecule is CC1OCC(O)[C@H](C(O)C(O)CN(CCCOc2ccc3cc(CCCCN)ccc3c2)CC(O)C(O)[C@@H]2OC(C)OCC2O)O1. The summed E-state index contributed by atoms with van der Waals surface area (Å²) in [5, 5.41) is 66.3. The van der Waals surface area contributed by atoms with Crippen LogP contribution in [0, 0.1) is 0 Å². The fourth-order valence-electron chi connectivity index (χ4n) is 5.89. The summed E-state index contributed by atoms with van der Waals surface area (Å²) in [4.78, 5) is 1.68. The van der Waals surface area contributed by atoms with Crippen molar-refractivity contribution in [2.75, 3.05) is 46.0 Å². The number of fused-ring (bicyclic) bond motifs is 1. The summed E-state index contributed by atoms with van der Waals surface area (Å²) in [6, 6.07) is 12.3. The molecule has 13 heteroatoms. The standard InChI is InChI=1S/C33H52N2O11/c1-20-43-18-28(38)32(45-20)30(40)26(36)16-35(17-27(37)31(41)33-29(39)19-44-21(2)46-33)12-5-13-42-25-10-9-23-14-22(6-3-4-11-34)7-8-24(23)15-25/h7-10,14-15,20-21,26-33,36-41H,3-6,11-13,16-19,34H2,1-2H3/t20?,21?,26?,27?,28?,29?,30?,31?,32-,33-/m1/s1. The molecule has 10 atom stereocenters. The Morgan fingerprint density at radius 3 is 1.96 bits per heavy atom. The molecule has 0 aromatic heterocycles. The molecule has 2 aromatic carbocycles. The predicted molar refractivity (Wildman–Crippen MR) is 169 cm³/mol. The van der Waals surface area contributed by atoms with Crippen LogP contribution in [0.3, 0.4) is 0 Å². The van der Waals surface area contributed by atoms with Crippen molar-refractivity contribution < 1.29 is 54.3 Å². The zero-order valence-corrected chi connectivity index (χ0v) is 26.8. The Morgan fingerprint density at radius 1 is 0.804 bits per heavy atom. The number of ether oxygens (including phenoxy) is 5. The second kappa shape index (κ2) is 18.0. The molecular weight excluding hydrogens is 600 g/mol. The first-order valence-corrected chi connectivity index (χ1v) is 16.3. The lowest BCUT2D eigenvalue weighted by Gasteiger charge is -2.39. The lowest BCUT2D eigenvalue weighted by atomic mass is 10.00. The third-order valence-electron chi connectivity index (χ3n) is 8.49. The minimum atomic E-state index is -1.44. The highest BCUT2D eigenvalue weighted by Gasteiger charge is 2.40. The molecule has 2 aromatic rings. The second-order valence-corrected chi connectivity index (χ2v) is 12.3. The van der Waals surface area contributed by atoms with Crippen LogP contribution in [0.15, 0.2) is 36.4 Å². The Hall–Kier alpha value is -1.98. The maximum absolute atomic E-state index is 11.0. The van der Waals surface area contributed by atoms with E-state index in [0.29, 0.717) is 31.9 Å². The normalized spacial score (nSPS) is 28.2. The van der Waals surface area contributed by atoms with Gasteiger partial charge in [-0.05, 0) is 74.5 Å². The number of nitrogens with two attached hydrogens (primary N) is 1. The zero-order valence-electron chi connectivity index (χ0n) is 26.8. The molecule has 8 N–H and O–H groups in total. The van der Waals surface area contributed by atoms with Crippen LogP contribution in [0.25, 0.3) is 10.8 Å². The van der Waals surface area contributed by atoms with Gasteiger partial charge in [-0.1, -0.05) is 24.3 Å². The average Bonchev–Trinajstić information content (AvgIpc) is 3.04. The van der Waals surface area contributed by atoms with Crippen molar-refractivity contribution >= 4 is 10.8 Å². The minimum absolute atomic E-state index is 0.0435. The molecule has 0 amide bonds. The second-order valence-electron chi connectivity index (χ2n) is 12.3. The van der Waals surface area contributed by atoms with Gasteiger partial charge in [0.05, 0.1) is 32.0 Å². The lowest BCUT2D eigenvalue weighted by molar-refractivity contribution is -0.274. The van der Waals surface area contributed by atoms with Crippen LogP contribution in [0.1, 0.15) is 38.7 Å². The molecule has 46 heavy (non-hydrogen) atoms. The molecular formula is C33H52N2O11. The quantitative estimate of drug-likeness (QED) is 0.112. The van der Waals surface area contributed by atoms with Gasteiger partial charge in [0.1, 0.15) is 42.4 Å². The van der Waals surface area contributed by atoms with E-state index in [2.05, 4.69) is 18.2 Å². The molecule has 0 radical (unpaired) electrons. The van der Waals surface area contributed by atoms with E-state index in [1.807, 2.05) is 18.2 Å². The average molecular weight is 653 g/mol. The molecule has 4 rings (SSSR count). The summed E-state index contributed by atoms with van der Waals surface area (Å²) in [5.74, 6) is 0.709. The number of aliphatic hydroxyl groups excluding tert-OH is 6. The number of hydrogen-bond donors (Lipinski definition) is 7. The Kier molecular flexibility index (Phi) is 14.4. The van der Waals surface area contributed by atoms with Crippen molar-refractivity contribution in [3.05, 3.63) is 42.0 Å². The molecule has 2 aliphatic rings. The molecule has 0 saturated carbocycles. The Labute approximate surface area is 270 Å². The highest BCUT2D eigenvalue weighted by Crippen LogP contribution is 2.24. The van der Waals surface area contributed by atoms with Gasteiger partial charge in [0.25, 0.3) is 0 Å². The summed E-state index contributed by atoms with van der Waals surface area (Å²) >= 11 is 0. The largest absolute Gasteiger partial charge is 0.494 e. The highest BCUT2D eigenvalue weighted by molar-refractivity contribution is 5.84. The molecule has 0 aliphatic carbocycles. The molecule has 2 aliphatic heterocycles. The van der Waals surface area contributed by atoms with Crippen LogP contribution < -0.4 is 10.5 Å². The minimum Gasteiger partial charge on any atom is -0.494 e. The van der Waals surface area contributed by atoms with Crippen molar-refractivity contribution in [2.45, 2.75) is 101 Å². The Balaban J connectivity index is 1.36. The predicted octanol–water partition coefficient (Wildman–Crippen LogP) is -0.120.